The molecule has 2 heterocycles. The summed E-state index contributed by atoms with van der Waals surface area (Å²) in [4.78, 5) is 44.8. The van der Waals surface area contributed by atoms with Crippen LogP contribution in [0.2, 0.25) is 0 Å². The van der Waals surface area contributed by atoms with Crippen LogP contribution < -0.4 is 9.64 Å². The van der Waals surface area contributed by atoms with Crippen molar-refractivity contribution in [1.82, 2.24) is 4.98 Å². The second-order valence-corrected chi connectivity index (χ2v) is 10.6. The number of unbranched alkanes of at least 4 members (excludes halogenated alkanes) is 1. The number of anilines is 1. The number of rotatable bonds is 8. The van der Waals surface area contributed by atoms with Gasteiger partial charge in [0.25, 0.3) is 5.78 Å². The van der Waals surface area contributed by atoms with E-state index in [4.69, 9.17) is 9.47 Å². The number of ether oxygens (including phenoxy) is 2. The highest BCUT2D eigenvalue weighted by molar-refractivity contribution is 14.1. The summed E-state index contributed by atoms with van der Waals surface area (Å²) in [6.45, 7) is 4.22. The van der Waals surface area contributed by atoms with Crippen LogP contribution in [0.1, 0.15) is 52.3 Å². The molecule has 2 aromatic carbocycles. The first-order valence-electron chi connectivity index (χ1n) is 11.6. The van der Waals surface area contributed by atoms with Gasteiger partial charge >= 0.3 is 11.9 Å². The van der Waals surface area contributed by atoms with Gasteiger partial charge in [-0.25, -0.2) is 9.78 Å². The number of nitrogens with zero attached hydrogens (tertiary/aromatic N) is 2. The van der Waals surface area contributed by atoms with Crippen LogP contribution in [0, 0.1) is 10.5 Å². The number of methoxy groups -OCH3 is 1. The molecule has 1 aliphatic rings. The van der Waals surface area contributed by atoms with Gasteiger partial charge in [0, 0.05) is 9.13 Å². The molecule has 1 aromatic heterocycles. The molecule has 4 rings (SSSR count). The maximum Gasteiger partial charge on any atom is 0.350 e. The van der Waals surface area contributed by atoms with Crippen molar-refractivity contribution < 1.29 is 29.0 Å². The summed E-state index contributed by atoms with van der Waals surface area (Å²) >= 11 is 3.13. The van der Waals surface area contributed by atoms with Crippen LogP contribution >= 0.6 is 33.9 Å². The van der Waals surface area contributed by atoms with Crippen LogP contribution in [0.5, 0.6) is 5.75 Å². The fourth-order valence-electron chi connectivity index (χ4n) is 3.98. The van der Waals surface area contributed by atoms with Crippen molar-refractivity contribution >= 4 is 62.5 Å². The molecule has 3 aromatic rings. The van der Waals surface area contributed by atoms with Gasteiger partial charge in [-0.3, -0.25) is 14.5 Å². The minimum absolute atomic E-state index is 0.0654. The number of hydrogen-bond acceptors (Lipinski definition) is 8. The number of aryl methyl sites for hydroxylation is 1. The molecule has 1 fully saturated rings. The Labute approximate surface area is 232 Å². The molecule has 0 saturated carbocycles. The van der Waals surface area contributed by atoms with E-state index in [0.717, 1.165) is 27.7 Å². The van der Waals surface area contributed by atoms with E-state index >= 15 is 0 Å². The predicted molar refractivity (Wildman–Crippen MR) is 149 cm³/mol. The average Bonchev–Trinajstić information content (AvgIpc) is 3.40. The van der Waals surface area contributed by atoms with Crippen molar-refractivity contribution in [2.24, 2.45) is 0 Å². The van der Waals surface area contributed by atoms with Crippen LogP contribution in [-0.4, -0.2) is 41.5 Å². The van der Waals surface area contributed by atoms with E-state index in [0.29, 0.717) is 29.2 Å². The minimum Gasteiger partial charge on any atom is -0.507 e. The van der Waals surface area contributed by atoms with E-state index in [1.165, 1.54) is 12.0 Å². The minimum atomic E-state index is -0.947. The van der Waals surface area contributed by atoms with Gasteiger partial charge in [0.15, 0.2) is 5.13 Å². The lowest BCUT2D eigenvalue weighted by molar-refractivity contribution is -0.132. The normalized spacial score (nSPS) is 16.8. The summed E-state index contributed by atoms with van der Waals surface area (Å²) < 4.78 is 11.6. The summed E-state index contributed by atoms with van der Waals surface area (Å²) in [5.74, 6) is -2.03. The van der Waals surface area contributed by atoms with E-state index in [2.05, 4.69) is 34.5 Å². The highest BCUT2D eigenvalue weighted by Gasteiger charge is 2.48. The molecule has 1 N–H and O–H groups in total. The largest absolute Gasteiger partial charge is 0.507 e. The zero-order valence-corrected chi connectivity index (χ0v) is 23.5. The van der Waals surface area contributed by atoms with E-state index in [1.807, 2.05) is 12.1 Å². The Balaban J connectivity index is 1.85. The molecule has 0 aliphatic carbocycles. The molecular weight excluding hydrogens is 607 g/mol. The van der Waals surface area contributed by atoms with Crippen LogP contribution in [-0.2, 0) is 14.3 Å². The number of amides is 1. The molecule has 10 heteroatoms. The van der Waals surface area contributed by atoms with E-state index in [9.17, 15) is 19.5 Å². The van der Waals surface area contributed by atoms with Crippen LogP contribution in [0.25, 0.3) is 5.76 Å². The lowest BCUT2D eigenvalue weighted by Gasteiger charge is -2.23. The predicted octanol–water partition coefficient (Wildman–Crippen LogP) is 5.65. The van der Waals surface area contributed by atoms with Gasteiger partial charge in [-0.1, -0.05) is 48.9 Å². The number of aliphatic hydroxyl groups is 1. The Morgan fingerprint density at radius 2 is 1.92 bits per heavy atom. The van der Waals surface area contributed by atoms with Gasteiger partial charge in [0.2, 0.25) is 0 Å². The van der Waals surface area contributed by atoms with E-state index in [1.54, 1.807) is 43.3 Å². The zero-order valence-electron chi connectivity index (χ0n) is 20.5. The Morgan fingerprint density at radius 1 is 1.19 bits per heavy atom. The Bertz CT molecular complexity index is 1380. The summed E-state index contributed by atoms with van der Waals surface area (Å²) in [5, 5.41) is 11.5. The number of aliphatic hydroxyl groups excluding tert-OH is 1. The fraction of sp³-hybridized carbons (Fsp3) is 0.259. The third-order valence-corrected chi connectivity index (χ3v) is 7.72. The number of hydrogen-bond donors (Lipinski definition) is 1. The first kappa shape index (κ1) is 26.8. The number of esters is 1. The first-order valence-corrected chi connectivity index (χ1v) is 13.5. The molecule has 1 atom stereocenters. The monoisotopic (exact) mass is 632 g/mol. The smallest absolute Gasteiger partial charge is 0.350 e. The lowest BCUT2D eigenvalue weighted by Crippen LogP contribution is -2.29. The van der Waals surface area contributed by atoms with Gasteiger partial charge in [0.1, 0.15) is 16.4 Å². The number of ketones is 1. The number of carbonyl (C=O) groups is 3. The van der Waals surface area contributed by atoms with Crippen LogP contribution in [0.4, 0.5) is 5.13 Å². The molecule has 0 bridgehead atoms. The van der Waals surface area contributed by atoms with Crippen molar-refractivity contribution in [3.63, 3.8) is 0 Å². The quantitative estimate of drug-likeness (QED) is 0.0855. The number of Topliss-reactive ketones (excluding diaryl/α,β-unsaturated/α-hetero) is 1. The van der Waals surface area contributed by atoms with Crippen molar-refractivity contribution in [2.45, 2.75) is 32.7 Å². The van der Waals surface area contributed by atoms with Gasteiger partial charge < -0.3 is 14.6 Å². The molecule has 0 radical (unpaired) electrons. The SMILES string of the molecule is CCCCOc1cccc(/C(O)=C2\C(=O)C(=O)N(c3nc(C)c(C(=O)OC)s3)C2c2ccc(I)cc2)c1. The Hall–Kier alpha value is -3.25. The first-order chi connectivity index (χ1) is 17.8. The summed E-state index contributed by atoms with van der Waals surface area (Å²) in [6, 6.07) is 13.1. The van der Waals surface area contributed by atoms with Crippen molar-refractivity contribution in [2.75, 3.05) is 18.6 Å². The van der Waals surface area contributed by atoms with Crippen LogP contribution in [0.3, 0.4) is 0 Å². The van der Waals surface area contributed by atoms with Gasteiger partial charge in [0.05, 0.1) is 31.0 Å². The van der Waals surface area contributed by atoms with Gasteiger partial charge in [-0.2, -0.15) is 0 Å². The number of aromatic nitrogens is 1. The summed E-state index contributed by atoms with van der Waals surface area (Å²) in [5.41, 5.74) is 1.29. The van der Waals surface area contributed by atoms with E-state index < -0.39 is 23.7 Å². The fourth-order valence-corrected chi connectivity index (χ4v) is 5.35. The number of thiazole rings is 1. The number of carbonyl (C=O) groups excluding carboxylic acids is 3. The third-order valence-electron chi connectivity index (χ3n) is 5.87. The maximum absolute atomic E-state index is 13.4. The van der Waals surface area contributed by atoms with Gasteiger partial charge in [-0.05, 0) is 65.8 Å². The molecule has 0 spiro atoms. The molecule has 192 valence electrons. The van der Waals surface area contributed by atoms with Crippen molar-refractivity contribution in [1.29, 1.82) is 0 Å². The molecule has 1 saturated heterocycles. The van der Waals surface area contributed by atoms with Crippen LogP contribution in [0.15, 0.2) is 54.1 Å². The van der Waals surface area contributed by atoms with Gasteiger partial charge in [-0.15, -0.1) is 0 Å². The molecule has 37 heavy (non-hydrogen) atoms. The molecule has 8 nitrogen and oxygen atoms in total. The van der Waals surface area contributed by atoms with E-state index in [-0.39, 0.29) is 21.3 Å². The summed E-state index contributed by atoms with van der Waals surface area (Å²) in [6.07, 6.45) is 1.86. The lowest BCUT2D eigenvalue weighted by atomic mass is 9.95. The molecular formula is C27H25IN2O6S. The zero-order chi connectivity index (χ0) is 26.7. The standard InChI is InChI=1S/C27H25IN2O6S/c1-4-5-13-36-19-8-6-7-17(14-19)22(31)20-21(16-9-11-18(28)12-10-16)30(25(33)23(20)32)27-29-15(2)24(37-27)26(34)35-3/h6-12,14,21,31H,4-5,13H2,1-3H3/b22-20+. The molecule has 1 amide bonds. The topological polar surface area (TPSA) is 106 Å². The Morgan fingerprint density at radius 3 is 2.59 bits per heavy atom. The Kier molecular flexibility index (Phi) is 8.28. The third kappa shape index (κ3) is 5.40. The number of halogens is 1. The molecule has 1 unspecified atom stereocenters. The van der Waals surface area contributed by atoms with Crippen molar-refractivity contribution in [3.8, 4) is 5.75 Å². The highest BCUT2D eigenvalue weighted by Crippen LogP contribution is 2.44. The van der Waals surface area contributed by atoms with Crippen molar-refractivity contribution in [3.05, 3.63) is 79.4 Å². The average molecular weight is 632 g/mol. The maximum atomic E-state index is 13.4. The highest BCUT2D eigenvalue weighted by atomic mass is 127. The second-order valence-electron chi connectivity index (χ2n) is 8.35. The summed E-state index contributed by atoms with van der Waals surface area (Å²) in [7, 11) is 1.26. The molecule has 1 aliphatic heterocycles. The second kappa shape index (κ2) is 11.4. The number of benzene rings is 2.